The molecule has 0 aliphatic carbocycles. The maximum absolute atomic E-state index is 13.4. The Morgan fingerprint density at radius 1 is 1.15 bits per heavy atom. The van der Waals surface area contributed by atoms with Crippen LogP contribution in [0.4, 0.5) is 10.1 Å². The van der Waals surface area contributed by atoms with Crippen LogP contribution in [0, 0.1) is 12.7 Å². The third-order valence-electron chi connectivity index (χ3n) is 4.29. The fourth-order valence-corrected chi connectivity index (χ4v) is 3.83. The largest absolute Gasteiger partial charge is 0.339 e. The van der Waals surface area contributed by atoms with Gasteiger partial charge in [0.15, 0.2) is 0 Å². The van der Waals surface area contributed by atoms with E-state index in [9.17, 15) is 17.6 Å². The second-order valence-electron chi connectivity index (χ2n) is 6.30. The average molecular weight is 392 g/mol. The highest BCUT2D eigenvalue weighted by Gasteiger charge is 2.21. The van der Waals surface area contributed by atoms with Crippen molar-refractivity contribution >= 4 is 21.6 Å². The molecule has 1 N–H and O–H groups in total. The van der Waals surface area contributed by atoms with Crippen molar-refractivity contribution in [1.82, 2.24) is 4.90 Å². The molecule has 0 heterocycles. The second-order valence-corrected chi connectivity index (χ2v) is 7.98. The van der Waals surface area contributed by atoms with Gasteiger partial charge in [0.1, 0.15) is 5.82 Å². The van der Waals surface area contributed by atoms with E-state index < -0.39 is 15.8 Å². The van der Waals surface area contributed by atoms with Gasteiger partial charge in [0, 0.05) is 13.1 Å². The molecule has 0 saturated heterocycles. The van der Waals surface area contributed by atoms with Crippen LogP contribution in [-0.2, 0) is 10.0 Å². The number of para-hydroxylation sites is 1. The first-order chi connectivity index (χ1) is 12.8. The highest BCUT2D eigenvalue weighted by molar-refractivity contribution is 7.92. The first-order valence-corrected chi connectivity index (χ1v) is 10.5. The quantitative estimate of drug-likeness (QED) is 0.732. The number of carbonyl (C=O) groups excluding carboxylic acids is 1. The van der Waals surface area contributed by atoms with Gasteiger partial charge in [-0.1, -0.05) is 25.5 Å². The molecule has 0 radical (unpaired) electrons. The zero-order chi connectivity index (χ0) is 20.0. The Hall–Kier alpha value is -2.41. The van der Waals surface area contributed by atoms with Crippen molar-refractivity contribution in [3.8, 4) is 0 Å². The van der Waals surface area contributed by atoms with E-state index in [1.807, 2.05) is 13.8 Å². The van der Waals surface area contributed by atoms with Crippen LogP contribution < -0.4 is 4.72 Å². The highest BCUT2D eigenvalue weighted by Crippen LogP contribution is 2.23. The van der Waals surface area contributed by atoms with Crippen LogP contribution in [-0.4, -0.2) is 32.3 Å². The predicted molar refractivity (Wildman–Crippen MR) is 105 cm³/mol. The number of benzene rings is 2. The number of nitrogens with zero attached hydrogens (tertiary/aromatic N) is 1. The number of rotatable bonds is 8. The van der Waals surface area contributed by atoms with E-state index in [0.717, 1.165) is 18.9 Å². The van der Waals surface area contributed by atoms with Gasteiger partial charge in [-0.2, -0.15) is 0 Å². The zero-order valence-electron chi connectivity index (χ0n) is 15.8. The van der Waals surface area contributed by atoms with Gasteiger partial charge in [-0.05, 0) is 56.2 Å². The minimum absolute atomic E-state index is 0.0537. The number of anilines is 1. The number of carbonyl (C=O) groups is 1. The van der Waals surface area contributed by atoms with Crippen LogP contribution >= 0.6 is 0 Å². The normalized spacial score (nSPS) is 11.3. The first kappa shape index (κ1) is 20.9. The topological polar surface area (TPSA) is 66.5 Å². The molecule has 2 rings (SSSR count). The van der Waals surface area contributed by atoms with Gasteiger partial charge in [0.25, 0.3) is 15.9 Å². The van der Waals surface area contributed by atoms with Gasteiger partial charge < -0.3 is 4.90 Å². The predicted octanol–water partition coefficient (Wildman–Crippen LogP) is 4.20. The Balaban J connectivity index is 2.34. The summed E-state index contributed by atoms with van der Waals surface area (Å²) in [5, 5.41) is 0. The molecule has 0 fully saturated rings. The van der Waals surface area contributed by atoms with Crippen LogP contribution in [0.5, 0.6) is 0 Å². The molecule has 0 spiro atoms. The van der Waals surface area contributed by atoms with Gasteiger partial charge in [0.2, 0.25) is 0 Å². The molecule has 27 heavy (non-hydrogen) atoms. The molecule has 2 aromatic carbocycles. The molecule has 7 heteroatoms. The third-order valence-corrected chi connectivity index (χ3v) is 5.66. The summed E-state index contributed by atoms with van der Waals surface area (Å²) in [7, 11) is -3.95. The van der Waals surface area contributed by atoms with Crippen LogP contribution in [0.15, 0.2) is 47.4 Å². The van der Waals surface area contributed by atoms with Crippen molar-refractivity contribution in [3.05, 3.63) is 59.4 Å². The van der Waals surface area contributed by atoms with Crippen molar-refractivity contribution in [1.29, 1.82) is 0 Å². The smallest absolute Gasteiger partial charge is 0.261 e. The summed E-state index contributed by atoms with van der Waals surface area (Å²) in [6, 6.07) is 10.1. The molecule has 0 aliphatic rings. The Morgan fingerprint density at radius 2 is 1.85 bits per heavy atom. The summed E-state index contributed by atoms with van der Waals surface area (Å²) >= 11 is 0. The van der Waals surface area contributed by atoms with E-state index in [2.05, 4.69) is 4.72 Å². The molecule has 0 aromatic heterocycles. The van der Waals surface area contributed by atoms with E-state index in [1.165, 1.54) is 19.1 Å². The molecule has 0 atom stereocenters. The van der Waals surface area contributed by atoms with Gasteiger partial charge in [-0.15, -0.1) is 0 Å². The van der Waals surface area contributed by atoms with Crippen LogP contribution in [0.1, 0.15) is 42.6 Å². The number of unbranched alkanes of at least 4 members (excludes halogenated alkanes) is 1. The highest BCUT2D eigenvalue weighted by atomic mass is 32.2. The van der Waals surface area contributed by atoms with E-state index in [4.69, 9.17) is 0 Å². The van der Waals surface area contributed by atoms with Crippen LogP contribution in [0.25, 0.3) is 0 Å². The maximum Gasteiger partial charge on any atom is 0.261 e. The molecule has 0 unspecified atom stereocenters. The van der Waals surface area contributed by atoms with Crippen molar-refractivity contribution in [2.75, 3.05) is 17.8 Å². The van der Waals surface area contributed by atoms with E-state index in [1.54, 1.807) is 29.2 Å². The lowest BCUT2D eigenvalue weighted by Crippen LogP contribution is -2.32. The van der Waals surface area contributed by atoms with E-state index >= 15 is 0 Å². The molecule has 2 aromatic rings. The Morgan fingerprint density at radius 3 is 2.48 bits per heavy atom. The lowest BCUT2D eigenvalue weighted by Gasteiger charge is -2.22. The third kappa shape index (κ3) is 5.07. The number of amides is 1. The Labute approximate surface area is 160 Å². The van der Waals surface area contributed by atoms with Crippen LogP contribution in [0.3, 0.4) is 0 Å². The number of halogens is 1. The van der Waals surface area contributed by atoms with Crippen molar-refractivity contribution in [2.24, 2.45) is 0 Å². The average Bonchev–Trinajstić information content (AvgIpc) is 2.64. The summed E-state index contributed by atoms with van der Waals surface area (Å²) in [6.07, 6.45) is 1.84. The monoisotopic (exact) mass is 392 g/mol. The van der Waals surface area contributed by atoms with Gasteiger partial charge in [-0.25, -0.2) is 12.8 Å². The fraction of sp³-hybridized carbons (Fsp3) is 0.350. The Kier molecular flexibility index (Phi) is 6.96. The first-order valence-electron chi connectivity index (χ1n) is 8.97. The van der Waals surface area contributed by atoms with E-state index in [0.29, 0.717) is 13.1 Å². The SMILES string of the molecule is CCCCN(CC)C(=O)c1ccccc1NS(=O)(=O)c1ccc(F)c(C)c1. The lowest BCUT2D eigenvalue weighted by molar-refractivity contribution is 0.0763. The van der Waals surface area contributed by atoms with E-state index in [-0.39, 0.29) is 27.6 Å². The lowest BCUT2D eigenvalue weighted by atomic mass is 10.1. The van der Waals surface area contributed by atoms with Gasteiger partial charge in [-0.3, -0.25) is 9.52 Å². The minimum Gasteiger partial charge on any atom is -0.339 e. The van der Waals surface area contributed by atoms with Crippen LogP contribution in [0.2, 0.25) is 0 Å². The zero-order valence-corrected chi connectivity index (χ0v) is 16.6. The second kappa shape index (κ2) is 8.99. The summed E-state index contributed by atoms with van der Waals surface area (Å²) in [5.74, 6) is -0.696. The fourth-order valence-electron chi connectivity index (χ4n) is 2.67. The molecule has 5 nitrogen and oxygen atoms in total. The van der Waals surface area contributed by atoms with Gasteiger partial charge >= 0.3 is 0 Å². The Bertz CT molecular complexity index is 913. The molecule has 0 bridgehead atoms. The number of hydrogen-bond donors (Lipinski definition) is 1. The van der Waals surface area contributed by atoms with Crippen molar-refractivity contribution in [3.63, 3.8) is 0 Å². The molecule has 0 saturated carbocycles. The molecular formula is C20H25FN2O3S. The van der Waals surface area contributed by atoms with Gasteiger partial charge in [0.05, 0.1) is 16.1 Å². The maximum atomic E-state index is 13.4. The molecular weight excluding hydrogens is 367 g/mol. The molecule has 0 aliphatic heterocycles. The standard InChI is InChI=1S/C20H25FN2O3S/c1-4-6-13-23(5-2)20(24)17-9-7-8-10-19(17)22-27(25,26)16-11-12-18(21)15(3)14-16/h7-12,14,22H,4-6,13H2,1-3H3. The summed E-state index contributed by atoms with van der Waals surface area (Å²) in [6.45, 7) is 6.59. The van der Waals surface area contributed by atoms with Crippen molar-refractivity contribution in [2.45, 2.75) is 38.5 Å². The number of aryl methyl sites for hydroxylation is 1. The molecule has 146 valence electrons. The van der Waals surface area contributed by atoms with Crippen molar-refractivity contribution < 1.29 is 17.6 Å². The molecule has 1 amide bonds. The summed E-state index contributed by atoms with van der Waals surface area (Å²) < 4.78 is 41.3. The number of hydrogen-bond acceptors (Lipinski definition) is 3. The number of nitrogens with one attached hydrogen (secondary N) is 1. The number of sulfonamides is 1. The minimum atomic E-state index is -3.95. The summed E-state index contributed by atoms with van der Waals surface area (Å²) in [5.41, 5.74) is 0.733. The summed E-state index contributed by atoms with van der Waals surface area (Å²) in [4.78, 5) is 14.5.